The third-order valence-corrected chi connectivity index (χ3v) is 5.67. The number of fused-ring (bicyclic) bond motifs is 3. The molecule has 0 unspecified atom stereocenters. The van der Waals surface area contributed by atoms with Gasteiger partial charge in [0.1, 0.15) is 11.2 Å². The average Bonchev–Trinajstić information content (AvgIpc) is 2.83. The van der Waals surface area contributed by atoms with Gasteiger partial charge in [0.2, 0.25) is 0 Å². The Hall–Kier alpha value is -0.600. The van der Waals surface area contributed by atoms with E-state index in [4.69, 9.17) is 14.8 Å². The molecule has 1 atom stereocenters. The number of hydrogen-bond acceptors (Lipinski definition) is 7. The minimum atomic E-state index is -0.124. The van der Waals surface area contributed by atoms with Gasteiger partial charge >= 0.3 is 0 Å². The van der Waals surface area contributed by atoms with Crippen LogP contribution in [0.25, 0.3) is 0 Å². The third kappa shape index (κ3) is 3.19. The molecular weight excluding hydrogens is 318 g/mol. The lowest BCUT2D eigenvalue weighted by Crippen LogP contribution is -2.33. The molecule has 2 aliphatic rings. The molecule has 22 heavy (non-hydrogen) atoms. The first kappa shape index (κ1) is 16.3. The van der Waals surface area contributed by atoms with Gasteiger partial charge in [-0.05, 0) is 38.6 Å². The lowest BCUT2D eigenvalue weighted by Gasteiger charge is -2.32. The van der Waals surface area contributed by atoms with Crippen molar-refractivity contribution in [1.82, 2.24) is 5.32 Å². The summed E-state index contributed by atoms with van der Waals surface area (Å²) in [5, 5.41) is 18.0. The van der Waals surface area contributed by atoms with Gasteiger partial charge in [-0.25, -0.2) is 4.99 Å². The number of hydrogen-bond donors (Lipinski definition) is 3. The lowest BCUT2D eigenvalue weighted by atomic mass is 9.92. The molecule has 0 aromatic carbocycles. The number of aliphatic imine (C=N–C) groups is 1. The van der Waals surface area contributed by atoms with Gasteiger partial charge in [-0.15, -0.1) is 11.3 Å². The van der Waals surface area contributed by atoms with Gasteiger partial charge < -0.3 is 15.2 Å². The molecule has 0 aliphatic carbocycles. The van der Waals surface area contributed by atoms with Crippen LogP contribution in [0.2, 0.25) is 0 Å². The molecule has 0 radical (unpaired) electrons. The zero-order chi connectivity index (χ0) is 15.7. The van der Waals surface area contributed by atoms with E-state index in [1.54, 1.807) is 23.1 Å². The normalized spacial score (nSPS) is 22.5. The fourth-order valence-electron chi connectivity index (χ4n) is 2.84. The van der Waals surface area contributed by atoms with Crippen molar-refractivity contribution in [2.24, 2.45) is 4.99 Å². The van der Waals surface area contributed by atoms with Crippen molar-refractivity contribution in [3.63, 3.8) is 0 Å². The van der Waals surface area contributed by atoms with Gasteiger partial charge in [0.25, 0.3) is 0 Å². The van der Waals surface area contributed by atoms with Crippen LogP contribution in [0.3, 0.4) is 0 Å². The summed E-state index contributed by atoms with van der Waals surface area (Å²) < 4.78 is 5.94. The fraction of sp³-hybridized carbons (Fsp3) is 0.667. The predicted molar refractivity (Wildman–Crippen MR) is 93.9 cm³/mol. The Morgan fingerprint density at radius 1 is 1.55 bits per heavy atom. The molecule has 122 valence electrons. The van der Waals surface area contributed by atoms with Gasteiger partial charge in [-0.2, -0.15) is 0 Å². The van der Waals surface area contributed by atoms with Gasteiger partial charge in [-0.1, -0.05) is 11.8 Å². The number of nitrogens with one attached hydrogen (secondary N) is 2. The largest absolute Gasteiger partial charge is 0.396 e. The first-order chi connectivity index (χ1) is 10.5. The molecule has 7 heteroatoms. The van der Waals surface area contributed by atoms with Crippen molar-refractivity contribution in [2.45, 2.75) is 45.1 Å². The lowest BCUT2D eigenvalue weighted by molar-refractivity contribution is -0.0385. The van der Waals surface area contributed by atoms with Crippen molar-refractivity contribution >= 4 is 33.3 Å². The highest BCUT2D eigenvalue weighted by atomic mass is 32.2. The van der Waals surface area contributed by atoms with Crippen LogP contribution in [0.4, 0.5) is 5.00 Å². The third-order valence-electron chi connectivity index (χ3n) is 3.93. The number of ether oxygens (including phenoxy) is 1. The molecule has 2 aliphatic heterocycles. The molecule has 3 heterocycles. The highest BCUT2D eigenvalue weighted by molar-refractivity contribution is 8.13. The van der Waals surface area contributed by atoms with Crippen LogP contribution in [-0.4, -0.2) is 35.3 Å². The van der Waals surface area contributed by atoms with Crippen molar-refractivity contribution in [3.8, 4) is 0 Å². The summed E-state index contributed by atoms with van der Waals surface area (Å²) in [5.74, 6) is 0. The molecule has 0 bridgehead atoms. The maximum Gasteiger partial charge on any atom is 0.163 e. The number of amidine groups is 1. The molecule has 0 fully saturated rings. The van der Waals surface area contributed by atoms with E-state index in [-0.39, 0.29) is 18.4 Å². The van der Waals surface area contributed by atoms with Crippen molar-refractivity contribution in [1.29, 1.82) is 0 Å². The van der Waals surface area contributed by atoms with Crippen molar-refractivity contribution in [3.05, 3.63) is 16.0 Å². The highest BCUT2D eigenvalue weighted by Crippen LogP contribution is 2.45. The maximum absolute atomic E-state index is 9.00. The SMILES string of the molecule is CSC1=N[C@@H](NCCCO)c2c(sc3c2CC(C)(C)OC3)N1. The maximum atomic E-state index is 9.00. The molecule has 0 amide bonds. The van der Waals surface area contributed by atoms with E-state index in [0.717, 1.165) is 24.6 Å². The summed E-state index contributed by atoms with van der Waals surface area (Å²) in [7, 11) is 0. The van der Waals surface area contributed by atoms with E-state index < -0.39 is 0 Å². The van der Waals surface area contributed by atoms with Gasteiger partial charge in [0, 0.05) is 23.5 Å². The van der Waals surface area contributed by atoms with E-state index in [0.29, 0.717) is 6.61 Å². The molecule has 1 aromatic heterocycles. The minimum Gasteiger partial charge on any atom is -0.396 e. The van der Waals surface area contributed by atoms with Crippen LogP contribution < -0.4 is 10.6 Å². The number of rotatable bonds is 4. The standard InChI is InChI=1S/C15H23N3O2S2/c1-15(2)7-9-10(8-20-15)22-13-11(9)12(16-5-4-6-19)17-14(18-13)21-3/h12,16,19H,4-8H2,1-3H3,(H,17,18)/t12-/m1/s1. The van der Waals surface area contributed by atoms with E-state index >= 15 is 0 Å². The van der Waals surface area contributed by atoms with Gasteiger partial charge in [-0.3, -0.25) is 5.32 Å². The second-order valence-electron chi connectivity index (χ2n) is 6.17. The van der Waals surface area contributed by atoms with Crippen LogP contribution >= 0.6 is 23.1 Å². The number of thiophene rings is 1. The van der Waals surface area contributed by atoms with Crippen LogP contribution in [0.15, 0.2) is 4.99 Å². The smallest absolute Gasteiger partial charge is 0.163 e. The van der Waals surface area contributed by atoms with Crippen LogP contribution in [0.5, 0.6) is 0 Å². The fourth-order valence-corrected chi connectivity index (χ4v) is 4.48. The second kappa shape index (κ2) is 6.49. The van der Waals surface area contributed by atoms with Crippen molar-refractivity contribution in [2.75, 3.05) is 24.7 Å². The number of anilines is 1. The summed E-state index contributed by atoms with van der Waals surface area (Å²) in [6.45, 7) is 5.92. The van der Waals surface area contributed by atoms with E-state index in [2.05, 4.69) is 24.5 Å². The topological polar surface area (TPSA) is 65.9 Å². The molecular formula is C15H23N3O2S2. The summed E-state index contributed by atoms with van der Waals surface area (Å²) in [5.41, 5.74) is 2.53. The summed E-state index contributed by atoms with van der Waals surface area (Å²) in [6, 6.07) is 0. The number of aliphatic hydroxyl groups excluding tert-OH is 1. The molecule has 1 aromatic rings. The van der Waals surface area contributed by atoms with Crippen molar-refractivity contribution < 1.29 is 9.84 Å². The molecule has 5 nitrogen and oxygen atoms in total. The molecule has 0 saturated carbocycles. The van der Waals surface area contributed by atoms with E-state index in [9.17, 15) is 0 Å². The zero-order valence-corrected chi connectivity index (χ0v) is 14.9. The monoisotopic (exact) mass is 341 g/mol. The Morgan fingerprint density at radius 2 is 2.36 bits per heavy atom. The van der Waals surface area contributed by atoms with Crippen LogP contribution in [-0.2, 0) is 17.8 Å². The number of thioether (sulfide) groups is 1. The Labute approximate surface area is 139 Å². The molecule has 3 N–H and O–H groups in total. The Balaban J connectivity index is 1.93. The van der Waals surface area contributed by atoms with Crippen LogP contribution in [0, 0.1) is 0 Å². The van der Waals surface area contributed by atoms with Gasteiger partial charge in [0.15, 0.2) is 5.17 Å². The zero-order valence-electron chi connectivity index (χ0n) is 13.2. The first-order valence-corrected chi connectivity index (χ1v) is 9.59. The first-order valence-electron chi connectivity index (χ1n) is 7.55. The highest BCUT2D eigenvalue weighted by Gasteiger charge is 2.35. The molecule has 3 rings (SSSR count). The van der Waals surface area contributed by atoms with Gasteiger partial charge in [0.05, 0.1) is 12.2 Å². The Bertz CT molecular complexity index is 584. The quantitative estimate of drug-likeness (QED) is 0.735. The Morgan fingerprint density at radius 3 is 3.09 bits per heavy atom. The number of nitrogens with zero attached hydrogens (tertiary/aromatic N) is 1. The molecule has 0 spiro atoms. The predicted octanol–water partition coefficient (Wildman–Crippen LogP) is 2.71. The molecule has 0 saturated heterocycles. The second-order valence-corrected chi connectivity index (χ2v) is 8.07. The summed E-state index contributed by atoms with van der Waals surface area (Å²) in [4.78, 5) is 6.09. The summed E-state index contributed by atoms with van der Waals surface area (Å²) in [6.07, 6.45) is 3.66. The number of aliphatic hydroxyl groups is 1. The Kier molecular flexibility index (Phi) is 4.80. The average molecular weight is 342 g/mol. The minimum absolute atomic E-state index is 0.0286. The van der Waals surface area contributed by atoms with E-state index in [1.165, 1.54) is 21.0 Å². The van der Waals surface area contributed by atoms with Crippen LogP contribution in [0.1, 0.15) is 42.4 Å². The summed E-state index contributed by atoms with van der Waals surface area (Å²) >= 11 is 3.40. The van der Waals surface area contributed by atoms with E-state index in [1.807, 2.05) is 6.26 Å².